The number of carbonyl (C=O) groups is 2. The van der Waals surface area contributed by atoms with Gasteiger partial charge in [0.1, 0.15) is 5.82 Å². The van der Waals surface area contributed by atoms with Gasteiger partial charge in [0.2, 0.25) is 11.5 Å². The Kier molecular flexibility index (Phi) is 4.35. The Balaban J connectivity index is 2.13. The van der Waals surface area contributed by atoms with Crippen LogP contribution in [0.25, 0.3) is 0 Å². The van der Waals surface area contributed by atoms with Crippen LogP contribution in [0.4, 0.5) is 4.39 Å². The highest BCUT2D eigenvalue weighted by atomic mass is 19.1. The lowest BCUT2D eigenvalue weighted by Crippen LogP contribution is -2.27. The minimum Gasteiger partial charge on any atom is -0.488 e. The summed E-state index contributed by atoms with van der Waals surface area (Å²) in [6.45, 7) is 3.01. The standard InChI is InChI=1S/C15H16FNO5/c1-15(2)21-12(14(19)22-15)11(20-3)13(18)17-8-9-6-4-5-7-10(9)16/h4-7H,8H2,1-3H3,(H,17,18). The maximum absolute atomic E-state index is 13.5. The molecular formula is C15H16FNO5. The van der Waals surface area contributed by atoms with E-state index in [1.165, 1.54) is 27.0 Å². The van der Waals surface area contributed by atoms with Gasteiger partial charge in [-0.25, -0.2) is 9.18 Å². The van der Waals surface area contributed by atoms with Crippen LogP contribution in [0.1, 0.15) is 19.4 Å². The summed E-state index contributed by atoms with van der Waals surface area (Å²) >= 11 is 0. The van der Waals surface area contributed by atoms with Gasteiger partial charge in [-0.15, -0.1) is 0 Å². The van der Waals surface area contributed by atoms with Gasteiger partial charge in [0.15, 0.2) is 0 Å². The smallest absolute Gasteiger partial charge is 0.381 e. The number of cyclic esters (lactones) is 1. The van der Waals surface area contributed by atoms with Crippen LogP contribution in [0.3, 0.4) is 0 Å². The Bertz CT molecular complexity index is 639. The fourth-order valence-electron chi connectivity index (χ4n) is 1.90. The number of ether oxygens (including phenoxy) is 3. The summed E-state index contributed by atoms with van der Waals surface area (Å²) in [6, 6.07) is 6.03. The average molecular weight is 309 g/mol. The highest BCUT2D eigenvalue weighted by molar-refractivity contribution is 6.00. The van der Waals surface area contributed by atoms with Crippen LogP contribution in [0.5, 0.6) is 0 Å². The summed E-state index contributed by atoms with van der Waals surface area (Å²) in [5.74, 6) is -3.71. The molecule has 0 radical (unpaired) electrons. The van der Waals surface area contributed by atoms with E-state index in [2.05, 4.69) is 5.32 Å². The third kappa shape index (κ3) is 3.36. The summed E-state index contributed by atoms with van der Waals surface area (Å²) in [4.78, 5) is 23.8. The molecule has 6 nitrogen and oxygen atoms in total. The molecule has 1 aromatic rings. The van der Waals surface area contributed by atoms with Crippen LogP contribution < -0.4 is 5.32 Å². The molecule has 0 aromatic heterocycles. The topological polar surface area (TPSA) is 73.9 Å². The first kappa shape index (κ1) is 15.8. The van der Waals surface area contributed by atoms with Gasteiger partial charge in [-0.3, -0.25) is 4.79 Å². The lowest BCUT2D eigenvalue weighted by molar-refractivity contribution is -0.159. The van der Waals surface area contributed by atoms with Gasteiger partial charge in [-0.05, 0) is 6.07 Å². The molecule has 1 aliphatic heterocycles. The highest BCUT2D eigenvalue weighted by Gasteiger charge is 2.41. The molecule has 2 rings (SSSR count). The molecule has 1 N–H and O–H groups in total. The first-order valence-corrected chi connectivity index (χ1v) is 6.56. The van der Waals surface area contributed by atoms with Gasteiger partial charge in [-0.1, -0.05) is 18.2 Å². The van der Waals surface area contributed by atoms with E-state index in [4.69, 9.17) is 14.2 Å². The Morgan fingerprint density at radius 2 is 2.00 bits per heavy atom. The number of benzene rings is 1. The monoisotopic (exact) mass is 309 g/mol. The SMILES string of the molecule is COC(C(=O)NCc1ccccc1F)=C1OC(C)(C)OC1=O. The van der Waals surface area contributed by atoms with E-state index in [9.17, 15) is 14.0 Å². The maximum atomic E-state index is 13.5. The van der Waals surface area contributed by atoms with Crippen LogP contribution in [-0.4, -0.2) is 24.8 Å². The zero-order valence-corrected chi connectivity index (χ0v) is 12.4. The Morgan fingerprint density at radius 3 is 2.55 bits per heavy atom. The van der Waals surface area contributed by atoms with Gasteiger partial charge < -0.3 is 19.5 Å². The van der Waals surface area contributed by atoms with Crippen LogP contribution in [0, 0.1) is 5.82 Å². The highest BCUT2D eigenvalue weighted by Crippen LogP contribution is 2.28. The number of halogens is 1. The second-order valence-corrected chi connectivity index (χ2v) is 5.03. The first-order chi connectivity index (χ1) is 10.3. The van der Waals surface area contributed by atoms with Crippen LogP contribution >= 0.6 is 0 Å². The largest absolute Gasteiger partial charge is 0.488 e. The number of hydrogen-bond donors (Lipinski definition) is 1. The zero-order valence-electron chi connectivity index (χ0n) is 12.4. The van der Waals surface area contributed by atoms with Crippen LogP contribution in [-0.2, 0) is 30.3 Å². The molecule has 0 bridgehead atoms. The summed E-state index contributed by atoms with van der Waals surface area (Å²) in [7, 11) is 1.23. The third-order valence-electron chi connectivity index (χ3n) is 2.89. The quantitative estimate of drug-likeness (QED) is 0.519. The molecule has 0 unspecified atom stereocenters. The number of amides is 1. The number of nitrogens with one attached hydrogen (secondary N) is 1. The molecule has 1 saturated heterocycles. The fraction of sp³-hybridized carbons (Fsp3) is 0.333. The van der Waals surface area contributed by atoms with E-state index in [1.807, 2.05) is 0 Å². The molecule has 1 aromatic carbocycles. The molecule has 1 fully saturated rings. The molecule has 0 aliphatic carbocycles. The van der Waals surface area contributed by atoms with Crippen molar-refractivity contribution in [1.82, 2.24) is 5.32 Å². The number of hydrogen-bond acceptors (Lipinski definition) is 5. The number of rotatable bonds is 4. The first-order valence-electron chi connectivity index (χ1n) is 6.56. The molecule has 1 aliphatic rings. The minimum atomic E-state index is -1.16. The average Bonchev–Trinajstić information content (AvgIpc) is 2.72. The summed E-state index contributed by atoms with van der Waals surface area (Å²) < 4.78 is 28.6. The molecule has 7 heteroatoms. The molecule has 118 valence electrons. The number of esters is 1. The van der Waals surface area contributed by atoms with E-state index < -0.39 is 23.5 Å². The van der Waals surface area contributed by atoms with Crippen LogP contribution in [0.15, 0.2) is 35.8 Å². The zero-order chi connectivity index (χ0) is 16.3. The molecule has 0 atom stereocenters. The van der Waals surface area contributed by atoms with Crippen LogP contribution in [0.2, 0.25) is 0 Å². The van der Waals surface area contributed by atoms with Gasteiger partial charge >= 0.3 is 5.97 Å². The van der Waals surface area contributed by atoms with Gasteiger partial charge in [0.05, 0.1) is 7.11 Å². The molecule has 22 heavy (non-hydrogen) atoms. The van der Waals surface area contributed by atoms with Crippen molar-refractivity contribution in [2.75, 3.05) is 7.11 Å². The Hall–Kier alpha value is -2.57. The van der Waals surface area contributed by atoms with E-state index in [1.54, 1.807) is 18.2 Å². The van der Waals surface area contributed by atoms with Crippen molar-refractivity contribution in [3.63, 3.8) is 0 Å². The summed E-state index contributed by atoms with van der Waals surface area (Å²) in [5, 5.41) is 2.47. The van der Waals surface area contributed by atoms with Crippen molar-refractivity contribution >= 4 is 11.9 Å². The molecule has 1 amide bonds. The molecule has 0 spiro atoms. The van der Waals surface area contributed by atoms with Crippen molar-refractivity contribution in [3.05, 3.63) is 47.2 Å². The molecule has 1 heterocycles. The van der Waals surface area contributed by atoms with E-state index in [0.717, 1.165) is 0 Å². The Labute approximate surface area is 126 Å². The fourth-order valence-corrected chi connectivity index (χ4v) is 1.90. The minimum absolute atomic E-state index is 0.0515. The summed E-state index contributed by atoms with van der Waals surface area (Å²) in [6.07, 6.45) is 0. The van der Waals surface area contributed by atoms with Crippen molar-refractivity contribution in [1.29, 1.82) is 0 Å². The summed E-state index contributed by atoms with van der Waals surface area (Å²) in [5.41, 5.74) is 0.312. The Morgan fingerprint density at radius 1 is 1.32 bits per heavy atom. The predicted molar refractivity (Wildman–Crippen MR) is 73.5 cm³/mol. The lowest BCUT2D eigenvalue weighted by atomic mass is 10.2. The van der Waals surface area contributed by atoms with E-state index in [0.29, 0.717) is 5.56 Å². The maximum Gasteiger partial charge on any atom is 0.381 e. The van der Waals surface area contributed by atoms with Gasteiger partial charge in [-0.2, -0.15) is 0 Å². The molecule has 0 saturated carbocycles. The normalized spacial score (nSPS) is 18.3. The predicted octanol–water partition coefficient (Wildman–Crippen LogP) is 1.61. The lowest BCUT2D eigenvalue weighted by Gasteiger charge is -2.14. The molecular weight excluding hydrogens is 293 g/mol. The van der Waals surface area contributed by atoms with Gasteiger partial charge in [0.25, 0.3) is 11.7 Å². The second kappa shape index (κ2) is 6.05. The number of methoxy groups -OCH3 is 1. The van der Waals surface area contributed by atoms with Crippen molar-refractivity contribution in [3.8, 4) is 0 Å². The van der Waals surface area contributed by atoms with Crippen molar-refractivity contribution in [2.24, 2.45) is 0 Å². The van der Waals surface area contributed by atoms with Gasteiger partial charge in [0, 0.05) is 26.0 Å². The second-order valence-electron chi connectivity index (χ2n) is 5.03. The van der Waals surface area contributed by atoms with E-state index >= 15 is 0 Å². The van der Waals surface area contributed by atoms with Crippen molar-refractivity contribution < 1.29 is 28.2 Å². The van der Waals surface area contributed by atoms with E-state index in [-0.39, 0.29) is 18.1 Å². The van der Waals surface area contributed by atoms with Crippen molar-refractivity contribution in [2.45, 2.75) is 26.2 Å². The number of carbonyl (C=O) groups excluding carboxylic acids is 2. The third-order valence-corrected chi connectivity index (χ3v) is 2.89.